The van der Waals surface area contributed by atoms with E-state index in [1.807, 2.05) is 32.0 Å². The topological polar surface area (TPSA) is 46.2 Å². The van der Waals surface area contributed by atoms with Crippen molar-refractivity contribution in [1.82, 2.24) is 5.32 Å². The molecule has 0 spiro atoms. The second-order valence-corrected chi connectivity index (χ2v) is 7.47. The molecule has 1 saturated heterocycles. The van der Waals surface area contributed by atoms with E-state index in [-0.39, 0.29) is 11.0 Å². The lowest BCUT2D eigenvalue weighted by molar-refractivity contribution is 0.496. The lowest BCUT2D eigenvalue weighted by Gasteiger charge is -2.23. The molecule has 1 heterocycles. The Labute approximate surface area is 110 Å². The number of aryl methyl sites for hydroxylation is 2. The molecule has 1 aromatic rings. The molecule has 0 saturated carbocycles. The predicted octanol–water partition coefficient (Wildman–Crippen LogP) is 1.97. The molecule has 1 N–H and O–H groups in total. The maximum absolute atomic E-state index is 12.4. The van der Waals surface area contributed by atoms with Crippen LogP contribution >= 0.6 is 0 Å². The molecule has 1 aliphatic heterocycles. The van der Waals surface area contributed by atoms with E-state index in [1.54, 1.807) is 0 Å². The van der Waals surface area contributed by atoms with Gasteiger partial charge in [0.1, 0.15) is 0 Å². The van der Waals surface area contributed by atoms with E-state index >= 15 is 0 Å². The molecule has 3 nitrogen and oxygen atoms in total. The molecule has 0 aliphatic carbocycles. The van der Waals surface area contributed by atoms with E-state index in [1.165, 1.54) is 0 Å². The first-order valence-electron chi connectivity index (χ1n) is 6.47. The van der Waals surface area contributed by atoms with Crippen molar-refractivity contribution in [2.75, 3.05) is 13.1 Å². The maximum Gasteiger partial charge on any atom is 0.157 e. The lowest BCUT2D eigenvalue weighted by Crippen LogP contribution is -2.36. The Hall–Kier alpha value is -0.870. The van der Waals surface area contributed by atoms with Gasteiger partial charge in [0.05, 0.1) is 11.0 Å². The highest BCUT2D eigenvalue weighted by Gasteiger charge is 2.27. The molecule has 1 aromatic carbocycles. The highest BCUT2D eigenvalue weighted by molar-refractivity contribution is 7.91. The smallest absolute Gasteiger partial charge is 0.157 e. The van der Waals surface area contributed by atoms with Crippen LogP contribution in [0.25, 0.3) is 0 Å². The summed E-state index contributed by atoms with van der Waals surface area (Å²) in [7, 11) is -3.02. The minimum absolute atomic E-state index is 0.168. The monoisotopic (exact) mass is 267 g/mol. The summed E-state index contributed by atoms with van der Waals surface area (Å²) in [6, 6.07) is 6.02. The molecule has 1 fully saturated rings. The summed E-state index contributed by atoms with van der Waals surface area (Å²) in [6.45, 7) is 5.61. The summed E-state index contributed by atoms with van der Waals surface area (Å²) in [5, 5.41) is 3.04. The minimum Gasteiger partial charge on any atom is -0.317 e. The summed E-state index contributed by atoms with van der Waals surface area (Å²) in [6.07, 6.45) is 1.49. The average Bonchev–Trinajstić information content (AvgIpc) is 2.35. The van der Waals surface area contributed by atoms with Gasteiger partial charge in [0, 0.05) is 0 Å². The summed E-state index contributed by atoms with van der Waals surface area (Å²) in [5.41, 5.74) is 3.14. The molecule has 2 rings (SSSR count). The number of sulfone groups is 1. The fourth-order valence-corrected chi connectivity index (χ4v) is 4.38. The van der Waals surface area contributed by atoms with E-state index in [9.17, 15) is 8.42 Å². The van der Waals surface area contributed by atoms with Gasteiger partial charge in [0.15, 0.2) is 9.84 Å². The fourth-order valence-electron chi connectivity index (χ4n) is 2.44. The number of piperidine rings is 1. The van der Waals surface area contributed by atoms with Crippen molar-refractivity contribution in [2.24, 2.45) is 0 Å². The van der Waals surface area contributed by atoms with Gasteiger partial charge in [-0.05, 0) is 50.9 Å². The maximum atomic E-state index is 12.4. The lowest BCUT2D eigenvalue weighted by atomic mass is 10.1. The van der Waals surface area contributed by atoms with Crippen LogP contribution in [-0.4, -0.2) is 26.8 Å². The molecule has 0 aromatic heterocycles. The molecule has 100 valence electrons. The fraction of sp³-hybridized carbons (Fsp3) is 0.571. The Morgan fingerprint density at radius 1 is 1.22 bits per heavy atom. The van der Waals surface area contributed by atoms with Crippen molar-refractivity contribution >= 4 is 9.84 Å². The van der Waals surface area contributed by atoms with Crippen molar-refractivity contribution in [2.45, 2.75) is 37.7 Å². The normalized spacial score (nSPS) is 17.9. The van der Waals surface area contributed by atoms with Gasteiger partial charge >= 0.3 is 0 Å². The van der Waals surface area contributed by atoms with Crippen LogP contribution in [0.2, 0.25) is 0 Å². The Bertz CT molecular complexity index is 517. The van der Waals surface area contributed by atoms with Crippen molar-refractivity contribution < 1.29 is 8.42 Å². The minimum atomic E-state index is -3.02. The average molecular weight is 267 g/mol. The van der Waals surface area contributed by atoms with E-state index < -0.39 is 9.84 Å². The van der Waals surface area contributed by atoms with Crippen molar-refractivity contribution in [1.29, 1.82) is 0 Å². The highest BCUT2D eigenvalue weighted by Crippen LogP contribution is 2.21. The zero-order chi connectivity index (χ0) is 13.2. The molecular formula is C14H21NO2S. The van der Waals surface area contributed by atoms with Gasteiger partial charge in [-0.25, -0.2) is 8.42 Å². The molecule has 0 bridgehead atoms. The van der Waals surface area contributed by atoms with Crippen LogP contribution in [0.4, 0.5) is 0 Å². The van der Waals surface area contributed by atoms with E-state index in [2.05, 4.69) is 5.32 Å². The first-order chi connectivity index (χ1) is 8.49. The Morgan fingerprint density at radius 3 is 2.56 bits per heavy atom. The molecule has 4 heteroatoms. The first kappa shape index (κ1) is 13.6. The molecule has 0 unspecified atom stereocenters. The quantitative estimate of drug-likeness (QED) is 0.911. The first-order valence-corrected chi connectivity index (χ1v) is 8.19. The number of benzene rings is 1. The van der Waals surface area contributed by atoms with Crippen LogP contribution in [0.1, 0.15) is 29.5 Å². The third-order valence-electron chi connectivity index (χ3n) is 3.66. The van der Waals surface area contributed by atoms with Crippen LogP contribution in [0.15, 0.2) is 18.2 Å². The van der Waals surface area contributed by atoms with Crippen molar-refractivity contribution in [3.05, 3.63) is 34.9 Å². The molecule has 1 aliphatic rings. The van der Waals surface area contributed by atoms with E-state index in [4.69, 9.17) is 0 Å². The summed E-state index contributed by atoms with van der Waals surface area (Å²) in [4.78, 5) is 0. The number of rotatable bonds is 3. The zero-order valence-corrected chi connectivity index (χ0v) is 11.9. The standard InChI is InChI=1S/C14H21NO2S/c1-11-3-4-12(2)13(9-11)10-18(16,17)14-5-7-15-8-6-14/h3-4,9,14-15H,5-8,10H2,1-2H3. The van der Waals surface area contributed by atoms with Gasteiger partial charge in [0.25, 0.3) is 0 Å². The number of nitrogens with one attached hydrogen (secondary N) is 1. The van der Waals surface area contributed by atoms with Gasteiger partial charge in [-0.3, -0.25) is 0 Å². The van der Waals surface area contributed by atoms with Crippen LogP contribution in [0.5, 0.6) is 0 Å². The largest absolute Gasteiger partial charge is 0.317 e. The Morgan fingerprint density at radius 2 is 1.89 bits per heavy atom. The van der Waals surface area contributed by atoms with Crippen LogP contribution < -0.4 is 5.32 Å². The predicted molar refractivity (Wildman–Crippen MR) is 74.4 cm³/mol. The van der Waals surface area contributed by atoms with E-state index in [0.29, 0.717) is 0 Å². The van der Waals surface area contributed by atoms with Crippen molar-refractivity contribution in [3.63, 3.8) is 0 Å². The molecule has 18 heavy (non-hydrogen) atoms. The summed E-state index contributed by atoms with van der Waals surface area (Å²) >= 11 is 0. The van der Waals surface area contributed by atoms with Gasteiger partial charge in [0.2, 0.25) is 0 Å². The SMILES string of the molecule is Cc1ccc(C)c(CS(=O)(=O)C2CCNCC2)c1. The van der Waals surface area contributed by atoms with Gasteiger partial charge in [-0.1, -0.05) is 23.8 Å². The van der Waals surface area contributed by atoms with Crippen LogP contribution in [0.3, 0.4) is 0 Å². The van der Waals surface area contributed by atoms with Gasteiger partial charge < -0.3 is 5.32 Å². The molecule has 0 amide bonds. The van der Waals surface area contributed by atoms with Gasteiger partial charge in [-0.15, -0.1) is 0 Å². The molecule has 0 radical (unpaired) electrons. The Kier molecular flexibility index (Phi) is 4.07. The molecule has 0 atom stereocenters. The van der Waals surface area contributed by atoms with Crippen LogP contribution in [-0.2, 0) is 15.6 Å². The number of hydrogen-bond acceptors (Lipinski definition) is 3. The highest BCUT2D eigenvalue weighted by atomic mass is 32.2. The third kappa shape index (κ3) is 3.12. The number of hydrogen-bond donors (Lipinski definition) is 1. The summed E-state index contributed by atoms with van der Waals surface area (Å²) in [5.74, 6) is 0.186. The Balaban J connectivity index is 2.18. The van der Waals surface area contributed by atoms with Crippen LogP contribution in [0, 0.1) is 13.8 Å². The molecular weight excluding hydrogens is 246 g/mol. The third-order valence-corrected chi connectivity index (χ3v) is 5.86. The second-order valence-electron chi connectivity index (χ2n) is 5.19. The second kappa shape index (κ2) is 5.41. The van der Waals surface area contributed by atoms with E-state index in [0.717, 1.165) is 42.6 Å². The summed E-state index contributed by atoms with van der Waals surface area (Å²) < 4.78 is 24.8. The van der Waals surface area contributed by atoms with Crippen molar-refractivity contribution in [3.8, 4) is 0 Å². The zero-order valence-electron chi connectivity index (χ0n) is 11.1. The van der Waals surface area contributed by atoms with Gasteiger partial charge in [-0.2, -0.15) is 0 Å².